The Labute approximate surface area is 172 Å². The summed E-state index contributed by atoms with van der Waals surface area (Å²) in [4.78, 5) is 13.6. The monoisotopic (exact) mass is 386 g/mol. The first-order chi connectivity index (χ1) is 14.0. The number of carbonyl (C=O) groups is 1. The molecule has 2 heteroatoms. The molecule has 0 amide bonds. The van der Waals surface area contributed by atoms with E-state index in [0.717, 1.165) is 36.0 Å². The Kier molecular flexibility index (Phi) is 5.36. The van der Waals surface area contributed by atoms with Crippen LogP contribution in [0.3, 0.4) is 0 Å². The highest BCUT2D eigenvalue weighted by Gasteiger charge is 2.37. The second kappa shape index (κ2) is 7.94. The van der Waals surface area contributed by atoms with Crippen LogP contribution in [0.15, 0.2) is 77.4 Å². The van der Waals surface area contributed by atoms with Gasteiger partial charge in [0, 0.05) is 17.4 Å². The number of halogens is 1. The lowest BCUT2D eigenvalue weighted by molar-refractivity contribution is -0.118. The maximum absolute atomic E-state index is 13.6. The number of rotatable bonds is 5. The fourth-order valence-corrected chi connectivity index (χ4v) is 4.82. The maximum Gasteiger partial charge on any atom is 0.170 e. The summed E-state index contributed by atoms with van der Waals surface area (Å²) in [6, 6.07) is 15.1. The third-order valence-corrected chi connectivity index (χ3v) is 6.27. The average molecular weight is 387 g/mol. The maximum atomic E-state index is 13.6. The summed E-state index contributed by atoms with van der Waals surface area (Å²) in [5.41, 5.74) is 7.99. The molecule has 2 aromatic rings. The molecule has 0 saturated carbocycles. The van der Waals surface area contributed by atoms with Gasteiger partial charge in [0.2, 0.25) is 0 Å². The van der Waals surface area contributed by atoms with Crippen LogP contribution in [0.1, 0.15) is 56.2 Å². The number of allylic oxidation sites excluding steroid dienone is 6. The van der Waals surface area contributed by atoms with Crippen LogP contribution in [-0.4, -0.2) is 5.78 Å². The molecule has 0 saturated heterocycles. The van der Waals surface area contributed by atoms with Crippen LogP contribution in [0, 0.1) is 11.7 Å². The Morgan fingerprint density at radius 3 is 2.45 bits per heavy atom. The van der Waals surface area contributed by atoms with Gasteiger partial charge in [-0.15, -0.1) is 0 Å². The molecule has 148 valence electrons. The number of hydrogen-bond acceptors (Lipinski definition) is 1. The van der Waals surface area contributed by atoms with Crippen molar-refractivity contribution in [3.05, 3.63) is 99.9 Å². The van der Waals surface area contributed by atoms with Crippen molar-refractivity contribution >= 4 is 11.4 Å². The number of ketones is 1. The van der Waals surface area contributed by atoms with Gasteiger partial charge < -0.3 is 0 Å². The van der Waals surface area contributed by atoms with Crippen molar-refractivity contribution < 1.29 is 9.18 Å². The highest BCUT2D eigenvalue weighted by atomic mass is 19.1. The largest absolute Gasteiger partial charge is 0.293 e. The summed E-state index contributed by atoms with van der Waals surface area (Å²) in [7, 11) is 0. The van der Waals surface area contributed by atoms with E-state index in [1.54, 1.807) is 0 Å². The van der Waals surface area contributed by atoms with Crippen LogP contribution >= 0.6 is 0 Å². The SMILES string of the molecule is CCc1ccccc1C1CC(c2ccc(F)cc2)=CC1C(=O)C1=C(C)CC(C)=C1. The molecule has 0 radical (unpaired) electrons. The topological polar surface area (TPSA) is 17.1 Å². The number of hydrogen-bond donors (Lipinski definition) is 0. The molecule has 0 N–H and O–H groups in total. The number of Topliss-reactive ketones (excluding diaryl/α,β-unsaturated/α-hetero) is 1. The van der Waals surface area contributed by atoms with E-state index in [9.17, 15) is 9.18 Å². The van der Waals surface area contributed by atoms with E-state index >= 15 is 0 Å². The molecule has 0 bridgehead atoms. The van der Waals surface area contributed by atoms with Crippen LogP contribution in [-0.2, 0) is 11.2 Å². The minimum absolute atomic E-state index is 0.119. The highest BCUT2D eigenvalue weighted by molar-refractivity contribution is 6.04. The predicted molar refractivity (Wildman–Crippen MR) is 117 cm³/mol. The Morgan fingerprint density at radius 1 is 1.07 bits per heavy atom. The van der Waals surface area contributed by atoms with Gasteiger partial charge in [-0.3, -0.25) is 4.79 Å². The summed E-state index contributed by atoms with van der Waals surface area (Å²) in [5, 5.41) is 0. The first-order valence-corrected chi connectivity index (χ1v) is 10.4. The van der Waals surface area contributed by atoms with Crippen LogP contribution in [0.2, 0.25) is 0 Å². The quantitative estimate of drug-likeness (QED) is 0.551. The van der Waals surface area contributed by atoms with Crippen LogP contribution < -0.4 is 0 Å². The summed E-state index contributed by atoms with van der Waals surface area (Å²) < 4.78 is 13.4. The van der Waals surface area contributed by atoms with Gasteiger partial charge >= 0.3 is 0 Å². The van der Waals surface area contributed by atoms with Crippen molar-refractivity contribution in [2.75, 3.05) is 0 Å². The Hall–Kier alpha value is -2.74. The van der Waals surface area contributed by atoms with Crippen molar-refractivity contribution in [1.29, 1.82) is 0 Å². The molecule has 0 aliphatic heterocycles. The summed E-state index contributed by atoms with van der Waals surface area (Å²) in [5.74, 6) is -0.0873. The lowest BCUT2D eigenvalue weighted by Crippen LogP contribution is -2.20. The number of benzene rings is 2. The molecule has 4 rings (SSSR count). The first kappa shape index (κ1) is 19.6. The molecule has 0 heterocycles. The fourth-order valence-electron chi connectivity index (χ4n) is 4.82. The van der Waals surface area contributed by atoms with Gasteiger partial charge in [-0.25, -0.2) is 4.39 Å². The zero-order valence-corrected chi connectivity index (χ0v) is 17.3. The Balaban J connectivity index is 1.77. The molecule has 1 nitrogen and oxygen atoms in total. The number of aryl methyl sites for hydroxylation is 1. The van der Waals surface area contributed by atoms with E-state index in [2.05, 4.69) is 57.2 Å². The van der Waals surface area contributed by atoms with Crippen molar-refractivity contribution in [3.63, 3.8) is 0 Å². The Bertz CT molecular complexity index is 1040. The molecule has 29 heavy (non-hydrogen) atoms. The minimum Gasteiger partial charge on any atom is -0.293 e. The number of carbonyl (C=O) groups excluding carboxylic acids is 1. The zero-order chi connectivity index (χ0) is 20.5. The molecule has 2 unspecified atom stereocenters. The molecule has 0 aromatic heterocycles. The van der Waals surface area contributed by atoms with Crippen LogP contribution in [0.25, 0.3) is 5.57 Å². The molecule has 2 atom stereocenters. The normalized spacial score (nSPS) is 21.4. The lowest BCUT2D eigenvalue weighted by atomic mass is 9.80. The van der Waals surface area contributed by atoms with E-state index < -0.39 is 0 Å². The fraction of sp³-hybridized carbons (Fsp3) is 0.296. The van der Waals surface area contributed by atoms with Gasteiger partial charge in [-0.05, 0) is 67.5 Å². The molecule has 2 aliphatic rings. The second-order valence-corrected chi connectivity index (χ2v) is 8.31. The van der Waals surface area contributed by atoms with Gasteiger partial charge in [-0.2, -0.15) is 0 Å². The zero-order valence-electron chi connectivity index (χ0n) is 17.3. The lowest BCUT2D eigenvalue weighted by Gasteiger charge is -2.22. The van der Waals surface area contributed by atoms with Crippen molar-refractivity contribution in [2.24, 2.45) is 5.92 Å². The van der Waals surface area contributed by atoms with E-state index in [0.29, 0.717) is 0 Å². The van der Waals surface area contributed by atoms with Crippen molar-refractivity contribution in [1.82, 2.24) is 0 Å². The molecule has 0 fully saturated rings. The summed E-state index contributed by atoms with van der Waals surface area (Å²) in [6.07, 6.45) is 6.82. The Morgan fingerprint density at radius 2 is 1.79 bits per heavy atom. The third kappa shape index (κ3) is 3.76. The first-order valence-electron chi connectivity index (χ1n) is 10.4. The molecule has 2 aliphatic carbocycles. The van der Waals surface area contributed by atoms with Gasteiger partial charge in [0.25, 0.3) is 0 Å². The van der Waals surface area contributed by atoms with Crippen molar-refractivity contribution in [2.45, 2.75) is 46.0 Å². The molecule has 0 spiro atoms. The van der Waals surface area contributed by atoms with Gasteiger partial charge in [0.15, 0.2) is 5.78 Å². The van der Waals surface area contributed by atoms with E-state index in [4.69, 9.17) is 0 Å². The predicted octanol–water partition coefficient (Wildman–Crippen LogP) is 6.81. The van der Waals surface area contributed by atoms with E-state index in [1.165, 1.54) is 34.4 Å². The summed E-state index contributed by atoms with van der Waals surface area (Å²) in [6.45, 7) is 6.31. The van der Waals surface area contributed by atoms with E-state index in [1.807, 2.05) is 12.1 Å². The standard InChI is InChI=1S/C27H27FO/c1-4-19-7-5-6-8-23(19)25-15-21(20-9-11-22(28)12-10-20)16-26(25)27(29)24-14-17(2)13-18(24)3/h5-12,14,16,25-26H,4,13,15H2,1-3H3. The smallest absolute Gasteiger partial charge is 0.170 e. The van der Waals surface area contributed by atoms with E-state index in [-0.39, 0.29) is 23.4 Å². The molecule has 2 aromatic carbocycles. The van der Waals surface area contributed by atoms with Gasteiger partial charge in [-0.1, -0.05) is 66.6 Å². The average Bonchev–Trinajstić information content (AvgIpc) is 3.31. The molecular formula is C27H27FO. The van der Waals surface area contributed by atoms with Gasteiger partial charge in [0.05, 0.1) is 0 Å². The third-order valence-electron chi connectivity index (χ3n) is 6.27. The van der Waals surface area contributed by atoms with Crippen LogP contribution in [0.4, 0.5) is 4.39 Å². The summed E-state index contributed by atoms with van der Waals surface area (Å²) >= 11 is 0. The minimum atomic E-state index is -0.236. The molecular weight excluding hydrogens is 359 g/mol. The second-order valence-electron chi connectivity index (χ2n) is 8.31. The van der Waals surface area contributed by atoms with Crippen LogP contribution in [0.5, 0.6) is 0 Å². The highest BCUT2D eigenvalue weighted by Crippen LogP contribution is 2.46. The van der Waals surface area contributed by atoms with Gasteiger partial charge in [0.1, 0.15) is 5.82 Å². The van der Waals surface area contributed by atoms with Crippen molar-refractivity contribution in [3.8, 4) is 0 Å².